The maximum absolute atomic E-state index is 4.48. The summed E-state index contributed by atoms with van der Waals surface area (Å²) in [6.07, 6.45) is 3.77. The van der Waals surface area contributed by atoms with Crippen LogP contribution in [0.25, 0.3) is 0 Å². The molecule has 1 saturated carbocycles. The summed E-state index contributed by atoms with van der Waals surface area (Å²) in [5, 5.41) is 3.23. The molecule has 1 aliphatic rings. The molecule has 1 N–H and O–H groups in total. The standard InChI is InChI=1S/C11H17N3/c1-3-12-10-6-8(2)13-11(14-10)7-9-4-5-9/h6,9H,3-5,7H2,1-2H3,(H,12,13,14). The molecule has 0 spiro atoms. The number of aromatic nitrogens is 2. The highest BCUT2D eigenvalue weighted by Crippen LogP contribution is 2.31. The molecule has 1 fully saturated rings. The smallest absolute Gasteiger partial charge is 0.131 e. The molecule has 0 atom stereocenters. The maximum Gasteiger partial charge on any atom is 0.131 e. The van der Waals surface area contributed by atoms with Gasteiger partial charge in [-0.1, -0.05) is 0 Å². The van der Waals surface area contributed by atoms with Gasteiger partial charge in [0.25, 0.3) is 0 Å². The normalized spacial score (nSPS) is 15.6. The highest BCUT2D eigenvalue weighted by atomic mass is 15.0. The van der Waals surface area contributed by atoms with Gasteiger partial charge in [0.2, 0.25) is 0 Å². The fourth-order valence-corrected chi connectivity index (χ4v) is 1.57. The minimum Gasteiger partial charge on any atom is -0.370 e. The summed E-state index contributed by atoms with van der Waals surface area (Å²) >= 11 is 0. The minimum atomic E-state index is 0.853. The van der Waals surface area contributed by atoms with Crippen molar-refractivity contribution in [1.82, 2.24) is 9.97 Å². The highest BCUT2D eigenvalue weighted by Gasteiger charge is 2.22. The predicted molar refractivity (Wildman–Crippen MR) is 57.4 cm³/mol. The van der Waals surface area contributed by atoms with Gasteiger partial charge in [-0.2, -0.15) is 0 Å². The van der Waals surface area contributed by atoms with E-state index in [-0.39, 0.29) is 0 Å². The summed E-state index contributed by atoms with van der Waals surface area (Å²) in [6.45, 7) is 5.02. The molecule has 0 aromatic carbocycles. The lowest BCUT2D eigenvalue weighted by atomic mass is 10.2. The Bertz CT molecular complexity index is 318. The summed E-state index contributed by atoms with van der Waals surface area (Å²) in [5.74, 6) is 2.82. The molecular weight excluding hydrogens is 174 g/mol. The van der Waals surface area contributed by atoms with E-state index in [4.69, 9.17) is 0 Å². The first-order chi connectivity index (χ1) is 6.78. The summed E-state index contributed by atoms with van der Waals surface area (Å²) < 4.78 is 0. The molecule has 0 unspecified atom stereocenters. The third kappa shape index (κ3) is 2.44. The van der Waals surface area contributed by atoms with Gasteiger partial charge in [-0.25, -0.2) is 9.97 Å². The van der Waals surface area contributed by atoms with Gasteiger partial charge in [-0.15, -0.1) is 0 Å². The molecule has 1 aliphatic carbocycles. The zero-order valence-electron chi connectivity index (χ0n) is 8.88. The Labute approximate surface area is 85.0 Å². The van der Waals surface area contributed by atoms with Gasteiger partial charge in [0.1, 0.15) is 11.6 Å². The molecule has 0 saturated heterocycles. The molecule has 0 radical (unpaired) electrons. The predicted octanol–water partition coefficient (Wildman–Crippen LogP) is 2.17. The van der Waals surface area contributed by atoms with Crippen LogP contribution in [0.2, 0.25) is 0 Å². The average molecular weight is 191 g/mol. The van der Waals surface area contributed by atoms with Crippen molar-refractivity contribution in [1.29, 1.82) is 0 Å². The molecular formula is C11H17N3. The van der Waals surface area contributed by atoms with Crippen molar-refractivity contribution in [2.75, 3.05) is 11.9 Å². The number of nitrogens with zero attached hydrogens (tertiary/aromatic N) is 2. The second-order valence-corrected chi connectivity index (χ2v) is 3.99. The van der Waals surface area contributed by atoms with E-state index in [1.54, 1.807) is 0 Å². The lowest BCUT2D eigenvalue weighted by Gasteiger charge is -2.05. The molecule has 3 heteroatoms. The Morgan fingerprint density at radius 2 is 2.21 bits per heavy atom. The zero-order valence-corrected chi connectivity index (χ0v) is 8.88. The molecule has 2 rings (SSSR count). The van der Waals surface area contributed by atoms with E-state index in [1.807, 2.05) is 13.0 Å². The Hall–Kier alpha value is -1.12. The zero-order chi connectivity index (χ0) is 9.97. The first-order valence-corrected chi connectivity index (χ1v) is 5.36. The maximum atomic E-state index is 4.48. The first kappa shape index (κ1) is 9.44. The van der Waals surface area contributed by atoms with Crippen LogP contribution in [0.5, 0.6) is 0 Å². The molecule has 1 aromatic heterocycles. The number of aryl methyl sites for hydroxylation is 1. The van der Waals surface area contributed by atoms with E-state index in [1.165, 1.54) is 12.8 Å². The van der Waals surface area contributed by atoms with Crippen LogP contribution in [0.15, 0.2) is 6.07 Å². The quantitative estimate of drug-likeness (QED) is 0.792. The molecule has 1 aromatic rings. The van der Waals surface area contributed by atoms with Crippen LogP contribution in [0.4, 0.5) is 5.82 Å². The monoisotopic (exact) mass is 191 g/mol. The lowest BCUT2D eigenvalue weighted by molar-refractivity contribution is 0.764. The molecule has 0 amide bonds. The van der Waals surface area contributed by atoms with Gasteiger partial charge in [0.05, 0.1) is 0 Å². The molecule has 1 heterocycles. The van der Waals surface area contributed by atoms with E-state index in [0.717, 1.165) is 36.2 Å². The van der Waals surface area contributed by atoms with Crippen LogP contribution in [0, 0.1) is 12.8 Å². The van der Waals surface area contributed by atoms with Gasteiger partial charge in [0.15, 0.2) is 0 Å². The summed E-state index contributed by atoms with van der Waals surface area (Å²) in [7, 11) is 0. The number of hydrogen-bond acceptors (Lipinski definition) is 3. The summed E-state index contributed by atoms with van der Waals surface area (Å²) in [6, 6.07) is 2.00. The van der Waals surface area contributed by atoms with Gasteiger partial charge in [-0.3, -0.25) is 0 Å². The van der Waals surface area contributed by atoms with Crippen molar-refractivity contribution in [3.8, 4) is 0 Å². The van der Waals surface area contributed by atoms with Crippen LogP contribution < -0.4 is 5.32 Å². The third-order valence-electron chi connectivity index (χ3n) is 2.43. The summed E-state index contributed by atoms with van der Waals surface area (Å²) in [5.41, 5.74) is 1.06. The van der Waals surface area contributed by atoms with Gasteiger partial charge in [0, 0.05) is 24.7 Å². The first-order valence-electron chi connectivity index (χ1n) is 5.36. The van der Waals surface area contributed by atoms with Gasteiger partial charge < -0.3 is 5.32 Å². The van der Waals surface area contributed by atoms with Gasteiger partial charge in [-0.05, 0) is 32.6 Å². The average Bonchev–Trinajstić information content (AvgIpc) is 2.87. The van der Waals surface area contributed by atoms with Crippen LogP contribution >= 0.6 is 0 Å². The Morgan fingerprint density at radius 1 is 1.43 bits per heavy atom. The second kappa shape index (κ2) is 3.95. The Morgan fingerprint density at radius 3 is 2.86 bits per heavy atom. The molecule has 3 nitrogen and oxygen atoms in total. The van der Waals surface area contributed by atoms with E-state index in [0.29, 0.717) is 0 Å². The van der Waals surface area contributed by atoms with Crippen molar-refractivity contribution in [2.45, 2.75) is 33.1 Å². The van der Waals surface area contributed by atoms with Crippen molar-refractivity contribution in [2.24, 2.45) is 5.92 Å². The fourth-order valence-electron chi connectivity index (χ4n) is 1.57. The van der Waals surface area contributed by atoms with Crippen LogP contribution in [-0.4, -0.2) is 16.5 Å². The second-order valence-electron chi connectivity index (χ2n) is 3.99. The van der Waals surface area contributed by atoms with Crippen LogP contribution in [0.3, 0.4) is 0 Å². The fraction of sp³-hybridized carbons (Fsp3) is 0.636. The highest BCUT2D eigenvalue weighted by molar-refractivity contribution is 5.35. The number of rotatable bonds is 4. The van der Waals surface area contributed by atoms with E-state index >= 15 is 0 Å². The van der Waals surface area contributed by atoms with Crippen molar-refractivity contribution in [3.63, 3.8) is 0 Å². The SMILES string of the molecule is CCNc1cc(C)nc(CC2CC2)n1. The number of hydrogen-bond donors (Lipinski definition) is 1. The molecule has 0 bridgehead atoms. The van der Waals surface area contributed by atoms with E-state index in [2.05, 4.69) is 22.2 Å². The lowest BCUT2D eigenvalue weighted by Crippen LogP contribution is -2.05. The molecule has 0 aliphatic heterocycles. The number of nitrogens with one attached hydrogen (secondary N) is 1. The van der Waals surface area contributed by atoms with Crippen molar-refractivity contribution < 1.29 is 0 Å². The number of anilines is 1. The Kier molecular flexibility index (Phi) is 2.66. The molecule has 76 valence electrons. The van der Waals surface area contributed by atoms with Gasteiger partial charge >= 0.3 is 0 Å². The van der Waals surface area contributed by atoms with Crippen LogP contribution in [-0.2, 0) is 6.42 Å². The third-order valence-corrected chi connectivity index (χ3v) is 2.43. The van der Waals surface area contributed by atoms with Crippen molar-refractivity contribution in [3.05, 3.63) is 17.6 Å². The van der Waals surface area contributed by atoms with Crippen LogP contribution in [0.1, 0.15) is 31.3 Å². The largest absolute Gasteiger partial charge is 0.370 e. The topological polar surface area (TPSA) is 37.8 Å². The van der Waals surface area contributed by atoms with Crippen molar-refractivity contribution >= 4 is 5.82 Å². The molecule has 14 heavy (non-hydrogen) atoms. The van der Waals surface area contributed by atoms with E-state index in [9.17, 15) is 0 Å². The Balaban J connectivity index is 2.12. The van der Waals surface area contributed by atoms with E-state index < -0.39 is 0 Å². The minimum absolute atomic E-state index is 0.853. The summed E-state index contributed by atoms with van der Waals surface area (Å²) in [4.78, 5) is 8.93.